The van der Waals surface area contributed by atoms with Crippen LogP contribution < -0.4 is 5.32 Å². The molecule has 98 valence electrons. The van der Waals surface area contributed by atoms with E-state index in [1.54, 1.807) is 0 Å². The Kier molecular flexibility index (Phi) is 3.39. The monoisotopic (exact) mass is 240 g/mol. The highest BCUT2D eigenvalue weighted by Crippen LogP contribution is 2.35. The molecule has 17 heavy (non-hydrogen) atoms. The summed E-state index contributed by atoms with van der Waals surface area (Å²) in [6, 6.07) is 0.735. The van der Waals surface area contributed by atoms with Crippen molar-refractivity contribution in [2.24, 2.45) is 0 Å². The summed E-state index contributed by atoms with van der Waals surface area (Å²) in [7, 11) is 0. The molecule has 4 heteroatoms. The Labute approximate surface area is 103 Å². The Hall–Kier alpha value is -0.160. The molecule has 3 aliphatic heterocycles. The number of hydrogen-bond acceptors (Lipinski definition) is 4. The first-order valence-corrected chi connectivity index (χ1v) is 7.04. The lowest BCUT2D eigenvalue weighted by Crippen LogP contribution is -2.47. The Bertz CT molecular complexity index is 268. The molecular formula is C13H24N2O2. The maximum Gasteiger partial charge on any atom is 0.0845 e. The van der Waals surface area contributed by atoms with Gasteiger partial charge < -0.3 is 15.2 Å². The molecule has 0 saturated carbocycles. The van der Waals surface area contributed by atoms with E-state index in [0.29, 0.717) is 0 Å². The predicted molar refractivity (Wildman–Crippen MR) is 66.0 cm³/mol. The molecule has 0 unspecified atom stereocenters. The van der Waals surface area contributed by atoms with E-state index in [9.17, 15) is 5.11 Å². The lowest BCUT2D eigenvalue weighted by atomic mass is 9.91. The first-order chi connectivity index (χ1) is 8.27. The molecule has 2 atom stereocenters. The second-order valence-electron chi connectivity index (χ2n) is 5.88. The van der Waals surface area contributed by atoms with Gasteiger partial charge in [0, 0.05) is 32.2 Å². The van der Waals surface area contributed by atoms with Gasteiger partial charge in [0.1, 0.15) is 0 Å². The van der Waals surface area contributed by atoms with Crippen LogP contribution in [0.2, 0.25) is 0 Å². The predicted octanol–water partition coefficient (Wildman–Crippen LogP) is 0.354. The molecule has 0 radical (unpaired) electrons. The van der Waals surface area contributed by atoms with Gasteiger partial charge in [-0.3, -0.25) is 4.90 Å². The maximum absolute atomic E-state index is 9.82. The van der Waals surface area contributed by atoms with Crippen LogP contribution in [0.25, 0.3) is 0 Å². The third-order valence-electron chi connectivity index (χ3n) is 4.64. The van der Waals surface area contributed by atoms with Crippen molar-refractivity contribution in [1.29, 1.82) is 0 Å². The van der Waals surface area contributed by atoms with E-state index in [2.05, 4.69) is 10.2 Å². The lowest BCUT2D eigenvalue weighted by molar-refractivity contribution is -0.112. The van der Waals surface area contributed by atoms with Crippen molar-refractivity contribution in [3.63, 3.8) is 0 Å². The second-order valence-corrected chi connectivity index (χ2v) is 5.88. The summed E-state index contributed by atoms with van der Waals surface area (Å²) < 4.78 is 6.00. The van der Waals surface area contributed by atoms with Crippen LogP contribution in [0.4, 0.5) is 0 Å². The van der Waals surface area contributed by atoms with E-state index in [1.165, 1.54) is 12.8 Å². The van der Waals surface area contributed by atoms with Crippen molar-refractivity contribution >= 4 is 0 Å². The summed E-state index contributed by atoms with van der Waals surface area (Å²) >= 11 is 0. The smallest absolute Gasteiger partial charge is 0.0845 e. The van der Waals surface area contributed by atoms with Gasteiger partial charge in [0.05, 0.1) is 11.7 Å². The molecule has 4 nitrogen and oxygen atoms in total. The summed E-state index contributed by atoms with van der Waals surface area (Å²) in [6.07, 6.45) is 5.14. The van der Waals surface area contributed by atoms with Gasteiger partial charge in [-0.05, 0) is 38.8 Å². The molecule has 0 aromatic heterocycles. The molecule has 3 saturated heterocycles. The van der Waals surface area contributed by atoms with E-state index in [1.807, 2.05) is 0 Å². The van der Waals surface area contributed by atoms with Crippen molar-refractivity contribution in [2.45, 2.75) is 49.9 Å². The maximum atomic E-state index is 9.82. The van der Waals surface area contributed by atoms with Gasteiger partial charge in [0.2, 0.25) is 0 Å². The van der Waals surface area contributed by atoms with Crippen molar-refractivity contribution in [1.82, 2.24) is 10.2 Å². The van der Waals surface area contributed by atoms with Gasteiger partial charge in [0.25, 0.3) is 0 Å². The van der Waals surface area contributed by atoms with Crippen molar-refractivity contribution in [3.8, 4) is 0 Å². The minimum absolute atomic E-state index is 0.0253. The van der Waals surface area contributed by atoms with Gasteiger partial charge in [-0.1, -0.05) is 0 Å². The lowest BCUT2D eigenvalue weighted by Gasteiger charge is -2.38. The van der Waals surface area contributed by atoms with E-state index in [-0.39, 0.29) is 11.7 Å². The van der Waals surface area contributed by atoms with Crippen LogP contribution >= 0.6 is 0 Å². The van der Waals surface area contributed by atoms with Gasteiger partial charge in [-0.15, -0.1) is 0 Å². The third-order valence-corrected chi connectivity index (χ3v) is 4.64. The van der Waals surface area contributed by atoms with Crippen LogP contribution in [0.1, 0.15) is 32.1 Å². The molecule has 0 aliphatic carbocycles. The van der Waals surface area contributed by atoms with Crippen LogP contribution in [0.15, 0.2) is 0 Å². The fourth-order valence-corrected chi connectivity index (χ4v) is 3.65. The number of ether oxygens (including phenoxy) is 1. The molecule has 2 N–H and O–H groups in total. The average Bonchev–Trinajstić information content (AvgIpc) is 2.74. The number of aliphatic hydroxyl groups is 1. The molecular weight excluding hydrogens is 216 g/mol. The minimum Gasteiger partial charge on any atom is -0.393 e. The zero-order valence-electron chi connectivity index (χ0n) is 10.5. The van der Waals surface area contributed by atoms with E-state index < -0.39 is 0 Å². The molecule has 0 amide bonds. The van der Waals surface area contributed by atoms with Crippen molar-refractivity contribution < 1.29 is 9.84 Å². The number of nitrogens with one attached hydrogen (secondary N) is 1. The molecule has 3 rings (SSSR count). The number of likely N-dealkylation sites (tertiary alicyclic amines) is 1. The van der Waals surface area contributed by atoms with Crippen molar-refractivity contribution in [2.75, 3.05) is 32.8 Å². The summed E-state index contributed by atoms with van der Waals surface area (Å²) in [4.78, 5) is 2.60. The van der Waals surface area contributed by atoms with E-state index in [4.69, 9.17) is 4.74 Å². The highest BCUT2D eigenvalue weighted by Gasteiger charge is 2.44. The molecule has 1 spiro atoms. The quantitative estimate of drug-likeness (QED) is 0.694. The van der Waals surface area contributed by atoms with Crippen molar-refractivity contribution in [3.05, 3.63) is 0 Å². The Morgan fingerprint density at radius 3 is 2.82 bits per heavy atom. The number of piperidine rings is 1. The zero-order chi connectivity index (χ0) is 11.7. The largest absolute Gasteiger partial charge is 0.393 e. The number of aliphatic hydroxyl groups excluding tert-OH is 1. The Morgan fingerprint density at radius 2 is 2.06 bits per heavy atom. The van der Waals surface area contributed by atoms with E-state index >= 15 is 0 Å². The number of rotatable bonds is 1. The highest BCUT2D eigenvalue weighted by molar-refractivity contribution is 4.98. The first-order valence-electron chi connectivity index (χ1n) is 7.04. The minimum atomic E-state index is -0.142. The number of hydrogen-bond donors (Lipinski definition) is 2. The topological polar surface area (TPSA) is 44.7 Å². The second kappa shape index (κ2) is 4.84. The standard InChI is InChI=1S/C13H24N2O2/c16-12-3-8-17-13(9-12)4-7-15(10-13)11-1-5-14-6-2-11/h11-12,14,16H,1-10H2/t12-,13-/m0/s1. The Morgan fingerprint density at radius 1 is 1.24 bits per heavy atom. The van der Waals surface area contributed by atoms with Gasteiger partial charge >= 0.3 is 0 Å². The SMILES string of the molecule is O[C@H]1CCO[C@@]2(CCN(C3CCNCC3)C2)C1. The first kappa shape index (κ1) is 11.9. The van der Waals surface area contributed by atoms with Crippen LogP contribution in [0.3, 0.4) is 0 Å². The average molecular weight is 240 g/mol. The van der Waals surface area contributed by atoms with Gasteiger partial charge in [-0.25, -0.2) is 0 Å². The number of nitrogens with zero attached hydrogens (tertiary/aromatic N) is 1. The van der Waals surface area contributed by atoms with Crippen LogP contribution in [0, 0.1) is 0 Å². The van der Waals surface area contributed by atoms with Crippen LogP contribution in [-0.4, -0.2) is 60.5 Å². The summed E-state index contributed by atoms with van der Waals surface area (Å²) in [6.45, 7) is 5.22. The fourth-order valence-electron chi connectivity index (χ4n) is 3.65. The molecule has 0 aromatic carbocycles. The summed E-state index contributed by atoms with van der Waals surface area (Å²) in [5.74, 6) is 0. The molecule has 0 bridgehead atoms. The van der Waals surface area contributed by atoms with Gasteiger partial charge in [-0.2, -0.15) is 0 Å². The van der Waals surface area contributed by atoms with Gasteiger partial charge in [0.15, 0.2) is 0 Å². The highest BCUT2D eigenvalue weighted by atomic mass is 16.5. The molecule has 0 aromatic rings. The van der Waals surface area contributed by atoms with Crippen LogP contribution in [-0.2, 0) is 4.74 Å². The third kappa shape index (κ3) is 2.50. The summed E-state index contributed by atoms with van der Waals surface area (Å²) in [5.41, 5.74) is -0.0253. The molecule has 3 heterocycles. The zero-order valence-corrected chi connectivity index (χ0v) is 10.5. The summed E-state index contributed by atoms with van der Waals surface area (Å²) in [5, 5.41) is 13.2. The van der Waals surface area contributed by atoms with Crippen LogP contribution in [0.5, 0.6) is 0 Å². The normalized spacial score (nSPS) is 41.1. The molecule has 3 fully saturated rings. The molecule has 3 aliphatic rings. The van der Waals surface area contributed by atoms with E-state index in [0.717, 1.165) is 58.1 Å². The Balaban J connectivity index is 1.60. The fraction of sp³-hybridized carbons (Fsp3) is 1.00.